The van der Waals surface area contributed by atoms with Gasteiger partial charge < -0.3 is 15.7 Å². The Morgan fingerprint density at radius 1 is 1.08 bits per heavy atom. The Morgan fingerprint density at radius 3 is 2.44 bits per heavy atom. The minimum Gasteiger partial charge on any atom is -0.481 e. The fourth-order valence-electron chi connectivity index (χ4n) is 2.67. The molecule has 0 spiro atoms. The van der Waals surface area contributed by atoms with Crippen LogP contribution in [0.2, 0.25) is 0 Å². The Bertz CT molecular complexity index is 714. The Labute approximate surface area is 147 Å². The third-order valence-electron chi connectivity index (χ3n) is 3.97. The van der Waals surface area contributed by atoms with Crippen LogP contribution in [0, 0.1) is 0 Å². The van der Waals surface area contributed by atoms with Gasteiger partial charge >= 0.3 is 12.0 Å². The van der Waals surface area contributed by atoms with E-state index in [1.807, 2.05) is 0 Å². The minimum atomic E-state index is -3.58. The summed E-state index contributed by atoms with van der Waals surface area (Å²) in [5.74, 6) is -1.00. The zero-order valence-electron chi connectivity index (χ0n) is 13.9. The first kappa shape index (κ1) is 19.2. The predicted molar refractivity (Wildman–Crippen MR) is 91.5 cm³/mol. The van der Waals surface area contributed by atoms with Crippen molar-refractivity contribution in [3.05, 3.63) is 29.8 Å². The molecule has 0 saturated carbocycles. The van der Waals surface area contributed by atoms with Crippen LogP contribution >= 0.6 is 0 Å². The maximum Gasteiger partial charge on any atom is 0.315 e. The second-order valence-electron chi connectivity index (χ2n) is 5.83. The lowest BCUT2D eigenvalue weighted by atomic mass is 10.2. The van der Waals surface area contributed by atoms with Crippen LogP contribution in [-0.4, -0.2) is 49.5 Å². The molecule has 0 radical (unpaired) electrons. The fourth-order valence-corrected chi connectivity index (χ4v) is 4.41. The van der Waals surface area contributed by atoms with Gasteiger partial charge in [-0.05, 0) is 24.5 Å². The number of carboxylic acid groups (broad SMARTS) is 1. The van der Waals surface area contributed by atoms with E-state index in [2.05, 4.69) is 10.6 Å². The van der Waals surface area contributed by atoms with Gasteiger partial charge in [-0.25, -0.2) is 13.2 Å². The van der Waals surface area contributed by atoms with E-state index in [0.29, 0.717) is 18.7 Å². The molecule has 25 heavy (non-hydrogen) atoms. The number of rotatable bonds is 7. The summed E-state index contributed by atoms with van der Waals surface area (Å²) in [5, 5.41) is 13.5. The van der Waals surface area contributed by atoms with Crippen molar-refractivity contribution in [1.29, 1.82) is 0 Å². The number of carboxylic acids is 1. The second kappa shape index (κ2) is 8.82. The first-order valence-electron chi connectivity index (χ1n) is 8.23. The smallest absolute Gasteiger partial charge is 0.315 e. The van der Waals surface area contributed by atoms with Crippen LogP contribution in [0.25, 0.3) is 0 Å². The van der Waals surface area contributed by atoms with Gasteiger partial charge in [-0.1, -0.05) is 24.6 Å². The van der Waals surface area contributed by atoms with Crippen molar-refractivity contribution in [2.24, 2.45) is 0 Å². The molecule has 2 amide bonds. The topological polar surface area (TPSA) is 116 Å². The Kier molecular flexibility index (Phi) is 6.77. The normalized spacial score (nSPS) is 15.5. The van der Waals surface area contributed by atoms with Crippen LogP contribution < -0.4 is 10.6 Å². The van der Waals surface area contributed by atoms with E-state index in [-0.39, 0.29) is 24.4 Å². The van der Waals surface area contributed by atoms with E-state index in [1.165, 1.54) is 4.31 Å². The lowest BCUT2D eigenvalue weighted by molar-refractivity contribution is -0.136. The number of urea groups is 1. The molecule has 1 aliphatic heterocycles. The lowest BCUT2D eigenvalue weighted by Crippen LogP contribution is -2.38. The molecule has 0 bridgehead atoms. The van der Waals surface area contributed by atoms with Gasteiger partial charge in [0.25, 0.3) is 0 Å². The SMILES string of the molecule is O=C(O)CCNC(=O)NCc1ccccc1S(=O)(=O)N1CCCCC1. The average molecular weight is 369 g/mol. The van der Waals surface area contributed by atoms with Crippen LogP contribution in [0.3, 0.4) is 0 Å². The number of hydrogen-bond acceptors (Lipinski definition) is 4. The largest absolute Gasteiger partial charge is 0.481 e. The monoisotopic (exact) mass is 369 g/mol. The first-order chi connectivity index (χ1) is 11.9. The van der Waals surface area contributed by atoms with Gasteiger partial charge in [0.1, 0.15) is 0 Å². The van der Waals surface area contributed by atoms with Crippen LogP contribution in [-0.2, 0) is 21.4 Å². The molecule has 0 aliphatic carbocycles. The summed E-state index contributed by atoms with van der Waals surface area (Å²) in [5.41, 5.74) is 0.501. The standard InChI is InChI=1S/C16H23N3O5S/c20-15(21)8-9-17-16(22)18-12-13-6-2-3-7-14(13)25(23,24)19-10-4-1-5-11-19/h2-3,6-7H,1,4-5,8-12H2,(H,20,21)(H2,17,18,22). The third kappa shape index (κ3) is 5.43. The maximum absolute atomic E-state index is 12.8. The molecule has 9 heteroatoms. The second-order valence-corrected chi connectivity index (χ2v) is 7.73. The number of sulfonamides is 1. The summed E-state index contributed by atoms with van der Waals surface area (Å²) < 4.78 is 27.2. The third-order valence-corrected chi connectivity index (χ3v) is 5.97. The highest BCUT2D eigenvalue weighted by Crippen LogP contribution is 2.23. The molecule has 1 heterocycles. The maximum atomic E-state index is 12.8. The van der Waals surface area contributed by atoms with Gasteiger partial charge in [-0.3, -0.25) is 4.79 Å². The van der Waals surface area contributed by atoms with Gasteiger partial charge in [0.15, 0.2) is 0 Å². The highest BCUT2D eigenvalue weighted by molar-refractivity contribution is 7.89. The van der Waals surface area contributed by atoms with Gasteiger partial charge in [0, 0.05) is 26.2 Å². The number of carbonyl (C=O) groups is 2. The number of nitrogens with zero attached hydrogens (tertiary/aromatic N) is 1. The zero-order valence-corrected chi connectivity index (χ0v) is 14.7. The lowest BCUT2D eigenvalue weighted by Gasteiger charge is -2.26. The van der Waals surface area contributed by atoms with Crippen molar-refractivity contribution in [2.45, 2.75) is 37.1 Å². The van der Waals surface area contributed by atoms with Crippen molar-refractivity contribution < 1.29 is 23.1 Å². The zero-order chi connectivity index (χ0) is 18.3. The molecule has 1 aliphatic rings. The summed E-state index contributed by atoms with van der Waals surface area (Å²) in [7, 11) is -3.58. The molecule has 0 aromatic heterocycles. The van der Waals surface area contributed by atoms with Crippen molar-refractivity contribution in [3.8, 4) is 0 Å². The Hall–Kier alpha value is -2.13. The van der Waals surface area contributed by atoms with Crippen LogP contribution in [0.1, 0.15) is 31.2 Å². The molecule has 0 unspecified atom stereocenters. The number of nitrogens with one attached hydrogen (secondary N) is 2. The summed E-state index contributed by atoms with van der Waals surface area (Å²) in [4.78, 5) is 22.3. The Balaban J connectivity index is 2.02. The van der Waals surface area contributed by atoms with Crippen LogP contribution in [0.4, 0.5) is 4.79 Å². The number of hydrogen-bond donors (Lipinski definition) is 3. The molecule has 1 aromatic carbocycles. The highest BCUT2D eigenvalue weighted by Gasteiger charge is 2.27. The summed E-state index contributed by atoms with van der Waals surface area (Å²) in [6.45, 7) is 1.08. The van der Waals surface area contributed by atoms with E-state index in [9.17, 15) is 18.0 Å². The average Bonchev–Trinajstić information content (AvgIpc) is 2.60. The molecule has 3 N–H and O–H groups in total. The summed E-state index contributed by atoms with van der Waals surface area (Å²) in [6.07, 6.45) is 2.57. The Morgan fingerprint density at radius 2 is 1.76 bits per heavy atom. The van der Waals surface area contributed by atoms with E-state index < -0.39 is 22.0 Å². The summed E-state index contributed by atoms with van der Waals surface area (Å²) >= 11 is 0. The van der Waals surface area contributed by atoms with E-state index >= 15 is 0 Å². The quantitative estimate of drug-likeness (QED) is 0.666. The van der Waals surface area contributed by atoms with Crippen molar-refractivity contribution in [1.82, 2.24) is 14.9 Å². The fraction of sp³-hybridized carbons (Fsp3) is 0.500. The molecule has 1 fully saturated rings. The molecule has 2 rings (SSSR count). The number of piperidine rings is 1. The van der Waals surface area contributed by atoms with Gasteiger partial charge in [0.2, 0.25) is 10.0 Å². The molecular formula is C16H23N3O5S. The van der Waals surface area contributed by atoms with Crippen molar-refractivity contribution in [3.63, 3.8) is 0 Å². The van der Waals surface area contributed by atoms with E-state index in [1.54, 1.807) is 24.3 Å². The minimum absolute atomic E-state index is 0.00882. The molecule has 1 saturated heterocycles. The van der Waals surface area contributed by atoms with Crippen molar-refractivity contribution >= 4 is 22.0 Å². The van der Waals surface area contributed by atoms with E-state index in [4.69, 9.17) is 5.11 Å². The molecule has 138 valence electrons. The number of aliphatic carboxylic acids is 1. The van der Waals surface area contributed by atoms with Gasteiger partial charge in [-0.2, -0.15) is 4.31 Å². The molecule has 1 aromatic rings. The van der Waals surface area contributed by atoms with Crippen LogP contribution in [0.15, 0.2) is 29.2 Å². The molecule has 8 nitrogen and oxygen atoms in total. The predicted octanol–water partition coefficient (Wildman–Crippen LogP) is 1.14. The van der Waals surface area contributed by atoms with E-state index in [0.717, 1.165) is 19.3 Å². The number of carbonyl (C=O) groups excluding carboxylic acids is 1. The first-order valence-corrected chi connectivity index (χ1v) is 9.67. The number of benzene rings is 1. The molecule has 0 atom stereocenters. The highest BCUT2D eigenvalue weighted by atomic mass is 32.2. The summed E-state index contributed by atoms with van der Waals surface area (Å²) in [6, 6.07) is 6.05. The van der Waals surface area contributed by atoms with Crippen molar-refractivity contribution in [2.75, 3.05) is 19.6 Å². The number of amides is 2. The molecular weight excluding hydrogens is 346 g/mol. The van der Waals surface area contributed by atoms with Gasteiger partial charge in [0.05, 0.1) is 11.3 Å². The van der Waals surface area contributed by atoms with Crippen LogP contribution in [0.5, 0.6) is 0 Å². The van der Waals surface area contributed by atoms with Gasteiger partial charge in [-0.15, -0.1) is 0 Å².